The number of alkyl carbamates (subject to hydrolysis) is 2. The van der Waals surface area contributed by atoms with E-state index in [4.69, 9.17) is 18.8 Å². The summed E-state index contributed by atoms with van der Waals surface area (Å²) >= 11 is 0. The van der Waals surface area contributed by atoms with Crippen LogP contribution in [-0.4, -0.2) is 49.3 Å². The van der Waals surface area contributed by atoms with E-state index in [-0.39, 0.29) is 19.1 Å². The van der Waals surface area contributed by atoms with Gasteiger partial charge in [-0.05, 0) is 87.3 Å². The van der Waals surface area contributed by atoms with Gasteiger partial charge >= 0.3 is 19.3 Å². The molecule has 1 aliphatic carbocycles. The lowest BCUT2D eigenvalue weighted by atomic mass is 9.77. The van der Waals surface area contributed by atoms with Crippen molar-refractivity contribution in [3.8, 4) is 11.1 Å². The molecule has 0 aromatic heterocycles. The number of ether oxygens (including phenoxy) is 2. The smallest absolute Gasteiger partial charge is 0.449 e. The van der Waals surface area contributed by atoms with Gasteiger partial charge in [0.05, 0.1) is 11.2 Å². The van der Waals surface area contributed by atoms with Crippen LogP contribution in [0.25, 0.3) is 17.2 Å². The summed E-state index contributed by atoms with van der Waals surface area (Å²) in [6.45, 7) is 14.1. The molecule has 1 aliphatic heterocycles. The molecule has 8 nitrogen and oxygen atoms in total. The van der Waals surface area contributed by atoms with Crippen LogP contribution < -0.4 is 10.6 Å². The molecular formula is C36H43BN2O6. The highest BCUT2D eigenvalue weighted by atomic mass is 16.7. The first kappa shape index (κ1) is 32.3. The van der Waals surface area contributed by atoms with E-state index in [1.54, 1.807) is 0 Å². The Morgan fingerprint density at radius 2 is 1.44 bits per heavy atom. The lowest BCUT2D eigenvalue weighted by molar-refractivity contribution is 0.00578. The highest BCUT2D eigenvalue weighted by Gasteiger charge is 2.52. The van der Waals surface area contributed by atoms with E-state index in [2.05, 4.69) is 34.9 Å². The van der Waals surface area contributed by atoms with Crippen LogP contribution in [0.15, 0.2) is 78.3 Å². The molecule has 5 rings (SSSR count). The maximum absolute atomic E-state index is 13.1. The van der Waals surface area contributed by atoms with Crippen LogP contribution in [0.4, 0.5) is 9.59 Å². The lowest BCUT2D eigenvalue weighted by Crippen LogP contribution is -2.41. The molecule has 3 aromatic rings. The molecule has 0 spiro atoms. The number of fused-ring (bicyclic) bond motifs is 3. The third kappa shape index (κ3) is 7.60. The zero-order valence-corrected chi connectivity index (χ0v) is 27.2. The predicted molar refractivity (Wildman–Crippen MR) is 177 cm³/mol. The largest absolute Gasteiger partial charge is 0.492 e. The maximum atomic E-state index is 13.1. The van der Waals surface area contributed by atoms with E-state index in [1.807, 2.05) is 103 Å². The molecule has 1 saturated heterocycles. The average molecular weight is 611 g/mol. The van der Waals surface area contributed by atoms with Gasteiger partial charge in [-0.2, -0.15) is 0 Å². The van der Waals surface area contributed by atoms with Gasteiger partial charge in [0.15, 0.2) is 0 Å². The fraction of sp³-hybridized carbons (Fsp3) is 0.389. The van der Waals surface area contributed by atoms with Crippen molar-refractivity contribution in [2.45, 2.75) is 77.7 Å². The molecule has 1 fully saturated rings. The molecule has 2 amide bonds. The Morgan fingerprint density at radius 1 is 0.844 bits per heavy atom. The van der Waals surface area contributed by atoms with Crippen molar-refractivity contribution in [2.75, 3.05) is 13.2 Å². The number of benzene rings is 3. The van der Waals surface area contributed by atoms with Crippen molar-refractivity contribution in [3.63, 3.8) is 0 Å². The molecule has 236 valence electrons. The Hall–Kier alpha value is -4.08. The van der Waals surface area contributed by atoms with Crippen molar-refractivity contribution in [1.29, 1.82) is 0 Å². The van der Waals surface area contributed by atoms with Crippen LogP contribution in [-0.2, 0) is 25.3 Å². The summed E-state index contributed by atoms with van der Waals surface area (Å²) in [5.41, 5.74) is 5.49. The summed E-state index contributed by atoms with van der Waals surface area (Å²) < 4.78 is 23.8. The van der Waals surface area contributed by atoms with Gasteiger partial charge in [0.1, 0.15) is 12.2 Å². The molecule has 0 saturated carbocycles. The van der Waals surface area contributed by atoms with Crippen molar-refractivity contribution in [1.82, 2.24) is 10.6 Å². The Labute approximate surface area is 266 Å². The minimum Gasteiger partial charge on any atom is -0.449 e. The first-order valence-electron chi connectivity index (χ1n) is 15.4. The summed E-state index contributed by atoms with van der Waals surface area (Å²) in [5.74, 6) is -0.0294. The van der Waals surface area contributed by atoms with E-state index in [1.165, 1.54) is 11.1 Å². The number of rotatable bonds is 8. The van der Waals surface area contributed by atoms with Gasteiger partial charge < -0.3 is 29.4 Å². The Balaban J connectivity index is 1.28. The SMILES string of the molecule is CC(C)(C)OC(=O)NCc1cccc(C=C(CNC(=O)OCC2c3ccccc3-c3ccccc32)B2OC(C)(C)C(C)(C)O2)c1. The van der Waals surface area contributed by atoms with Crippen molar-refractivity contribution in [2.24, 2.45) is 0 Å². The molecule has 0 radical (unpaired) electrons. The minimum absolute atomic E-state index is 0.0294. The standard InChI is InChI=1S/C36H43BN2O6/c1-34(2,3)43-33(41)38-21-25-14-12-13-24(19-25)20-26(37-44-35(4,5)36(6,7)45-37)22-39-32(40)42-23-31-29-17-10-8-15-27(29)28-16-9-11-18-30(28)31/h8-20,31H,21-23H2,1-7H3,(H,38,41)(H,39,40). The quantitative estimate of drug-likeness (QED) is 0.261. The second-order valence-corrected chi connectivity index (χ2v) is 13.6. The molecule has 9 heteroatoms. The van der Waals surface area contributed by atoms with E-state index in [9.17, 15) is 9.59 Å². The van der Waals surface area contributed by atoms with Crippen LogP contribution in [0.2, 0.25) is 0 Å². The molecule has 0 bridgehead atoms. The van der Waals surface area contributed by atoms with Crippen LogP contribution in [0.1, 0.15) is 76.6 Å². The van der Waals surface area contributed by atoms with Gasteiger partial charge in [0.2, 0.25) is 0 Å². The van der Waals surface area contributed by atoms with Gasteiger partial charge in [-0.25, -0.2) is 9.59 Å². The second-order valence-electron chi connectivity index (χ2n) is 13.6. The summed E-state index contributed by atoms with van der Waals surface area (Å²) in [6, 6.07) is 24.3. The first-order chi connectivity index (χ1) is 21.2. The molecule has 0 atom stereocenters. The van der Waals surface area contributed by atoms with E-state index < -0.39 is 36.1 Å². The van der Waals surface area contributed by atoms with Crippen LogP contribution in [0, 0.1) is 0 Å². The normalized spacial score (nSPS) is 17.0. The van der Waals surface area contributed by atoms with E-state index >= 15 is 0 Å². The Kier molecular flexibility index (Phi) is 9.15. The van der Waals surface area contributed by atoms with Crippen LogP contribution in [0.3, 0.4) is 0 Å². The lowest BCUT2D eigenvalue weighted by Gasteiger charge is -2.32. The third-order valence-corrected chi connectivity index (χ3v) is 8.48. The highest BCUT2D eigenvalue weighted by Crippen LogP contribution is 2.44. The van der Waals surface area contributed by atoms with Gasteiger partial charge in [-0.15, -0.1) is 0 Å². The molecule has 45 heavy (non-hydrogen) atoms. The van der Waals surface area contributed by atoms with Crippen LogP contribution >= 0.6 is 0 Å². The molecule has 1 heterocycles. The maximum Gasteiger partial charge on any atom is 0.492 e. The summed E-state index contributed by atoms with van der Waals surface area (Å²) in [4.78, 5) is 25.2. The third-order valence-electron chi connectivity index (χ3n) is 8.48. The van der Waals surface area contributed by atoms with Crippen molar-refractivity contribution in [3.05, 3.63) is 101 Å². The number of carbonyl (C=O) groups excluding carboxylic acids is 2. The van der Waals surface area contributed by atoms with Crippen molar-refractivity contribution >= 4 is 25.4 Å². The van der Waals surface area contributed by atoms with Gasteiger partial charge in [0.25, 0.3) is 0 Å². The fourth-order valence-electron chi connectivity index (χ4n) is 5.52. The Bertz CT molecular complexity index is 1530. The van der Waals surface area contributed by atoms with E-state index in [0.29, 0.717) is 6.54 Å². The second kappa shape index (κ2) is 12.7. The molecule has 2 N–H and O–H groups in total. The summed E-state index contributed by atoms with van der Waals surface area (Å²) in [6.07, 6.45) is 0.950. The monoisotopic (exact) mass is 610 g/mol. The fourth-order valence-corrected chi connectivity index (χ4v) is 5.52. The first-order valence-corrected chi connectivity index (χ1v) is 15.4. The molecular weight excluding hydrogens is 567 g/mol. The summed E-state index contributed by atoms with van der Waals surface area (Å²) in [7, 11) is -0.674. The van der Waals surface area contributed by atoms with Crippen molar-refractivity contribution < 1.29 is 28.4 Å². The number of carbonyl (C=O) groups is 2. The Morgan fingerprint density at radius 3 is 2.04 bits per heavy atom. The van der Waals surface area contributed by atoms with Gasteiger partial charge in [-0.3, -0.25) is 0 Å². The highest BCUT2D eigenvalue weighted by molar-refractivity contribution is 6.56. The number of nitrogens with one attached hydrogen (secondary N) is 2. The molecule has 0 unspecified atom stereocenters. The number of hydrogen-bond donors (Lipinski definition) is 2. The predicted octanol–water partition coefficient (Wildman–Crippen LogP) is 7.26. The number of hydrogen-bond acceptors (Lipinski definition) is 6. The van der Waals surface area contributed by atoms with E-state index in [0.717, 1.165) is 27.7 Å². The minimum atomic E-state index is -0.674. The number of amides is 2. The molecule has 3 aromatic carbocycles. The topological polar surface area (TPSA) is 95.1 Å². The van der Waals surface area contributed by atoms with Crippen LogP contribution in [0.5, 0.6) is 0 Å². The average Bonchev–Trinajstić information content (AvgIpc) is 3.41. The molecule has 2 aliphatic rings. The zero-order chi connectivity index (χ0) is 32.4. The zero-order valence-electron chi connectivity index (χ0n) is 27.2. The summed E-state index contributed by atoms with van der Waals surface area (Å²) in [5, 5.41) is 5.72. The van der Waals surface area contributed by atoms with Gasteiger partial charge in [-0.1, -0.05) is 78.9 Å². The van der Waals surface area contributed by atoms with Gasteiger partial charge in [0, 0.05) is 19.0 Å².